The summed E-state index contributed by atoms with van der Waals surface area (Å²) in [7, 11) is -3.41. The summed E-state index contributed by atoms with van der Waals surface area (Å²) in [5, 5.41) is 2.26. The van der Waals surface area contributed by atoms with Crippen LogP contribution < -0.4 is 0 Å². The lowest BCUT2D eigenvalue weighted by Gasteiger charge is -2.33. The number of imidazole rings is 1. The number of thiophene rings is 1. The lowest BCUT2D eigenvalue weighted by molar-refractivity contribution is 0.190. The lowest BCUT2D eigenvalue weighted by Crippen LogP contribution is -2.49. The van der Waals surface area contributed by atoms with Gasteiger partial charge in [0.2, 0.25) is 0 Å². The Labute approximate surface area is 128 Å². The topological polar surface area (TPSA) is 69.3 Å². The predicted molar refractivity (Wildman–Crippen MR) is 81.8 cm³/mol. The van der Waals surface area contributed by atoms with E-state index in [0.717, 1.165) is 26.1 Å². The molecule has 0 saturated carbocycles. The van der Waals surface area contributed by atoms with Gasteiger partial charge >= 0.3 is 0 Å². The molecule has 0 amide bonds. The van der Waals surface area contributed by atoms with E-state index in [1.165, 1.54) is 21.7 Å². The molecule has 2 aromatic heterocycles. The van der Waals surface area contributed by atoms with Crippen LogP contribution in [0.3, 0.4) is 0 Å². The van der Waals surface area contributed by atoms with E-state index in [1.54, 1.807) is 11.3 Å². The SMILES string of the molecule is O=S(=O)(c1cnc[nH]1)N1CCN(CCc2cccs2)CC1. The van der Waals surface area contributed by atoms with Crippen LogP contribution in [0.15, 0.2) is 35.1 Å². The molecule has 1 N–H and O–H groups in total. The van der Waals surface area contributed by atoms with Crippen LogP contribution in [0.2, 0.25) is 0 Å². The van der Waals surface area contributed by atoms with Gasteiger partial charge in [-0.05, 0) is 17.9 Å². The predicted octanol–water partition coefficient (Wildman–Crippen LogP) is 1.02. The second-order valence-corrected chi connectivity index (χ2v) is 7.93. The Bertz CT molecular complexity index is 644. The second kappa shape index (κ2) is 6.27. The average molecular weight is 326 g/mol. The highest BCUT2D eigenvalue weighted by Crippen LogP contribution is 2.16. The van der Waals surface area contributed by atoms with Gasteiger partial charge in [0.15, 0.2) is 5.03 Å². The zero-order valence-corrected chi connectivity index (χ0v) is 13.2. The number of aromatic nitrogens is 2. The van der Waals surface area contributed by atoms with Gasteiger partial charge in [-0.25, -0.2) is 13.4 Å². The first-order valence-corrected chi connectivity index (χ1v) is 9.21. The van der Waals surface area contributed by atoms with Crippen molar-refractivity contribution in [1.29, 1.82) is 0 Å². The average Bonchev–Trinajstić information content (AvgIpc) is 3.19. The number of sulfonamides is 1. The minimum Gasteiger partial charge on any atom is -0.335 e. The number of hydrogen-bond donors (Lipinski definition) is 1. The minimum absolute atomic E-state index is 0.175. The van der Waals surface area contributed by atoms with Crippen LogP contribution in [-0.2, 0) is 16.4 Å². The summed E-state index contributed by atoms with van der Waals surface area (Å²) in [6.07, 6.45) is 3.79. The van der Waals surface area contributed by atoms with Gasteiger partial charge in [-0.1, -0.05) is 6.07 Å². The van der Waals surface area contributed by atoms with E-state index >= 15 is 0 Å². The van der Waals surface area contributed by atoms with Crippen molar-refractivity contribution in [2.75, 3.05) is 32.7 Å². The molecule has 6 nitrogen and oxygen atoms in total. The molecule has 2 aromatic rings. The molecule has 1 aliphatic heterocycles. The summed E-state index contributed by atoms with van der Waals surface area (Å²) in [6.45, 7) is 3.60. The fourth-order valence-corrected chi connectivity index (χ4v) is 4.46. The number of nitrogens with one attached hydrogen (secondary N) is 1. The maximum absolute atomic E-state index is 12.3. The largest absolute Gasteiger partial charge is 0.335 e. The van der Waals surface area contributed by atoms with Crippen molar-refractivity contribution in [2.45, 2.75) is 11.4 Å². The van der Waals surface area contributed by atoms with Gasteiger partial charge in [0.05, 0.1) is 12.5 Å². The van der Waals surface area contributed by atoms with Crippen LogP contribution in [0.4, 0.5) is 0 Å². The van der Waals surface area contributed by atoms with Gasteiger partial charge in [-0.15, -0.1) is 11.3 Å². The molecule has 0 aromatic carbocycles. The van der Waals surface area contributed by atoms with Crippen molar-refractivity contribution < 1.29 is 8.42 Å². The van der Waals surface area contributed by atoms with Gasteiger partial charge in [-0.3, -0.25) is 0 Å². The first-order valence-electron chi connectivity index (χ1n) is 6.89. The third-order valence-corrected chi connectivity index (χ3v) is 6.44. The van der Waals surface area contributed by atoms with Crippen molar-refractivity contribution in [3.05, 3.63) is 34.9 Å². The second-order valence-electron chi connectivity index (χ2n) is 4.99. The summed E-state index contributed by atoms with van der Waals surface area (Å²) in [5.41, 5.74) is 0. The van der Waals surface area contributed by atoms with Gasteiger partial charge < -0.3 is 9.88 Å². The lowest BCUT2D eigenvalue weighted by atomic mass is 10.3. The van der Waals surface area contributed by atoms with Crippen LogP contribution in [0, 0.1) is 0 Å². The van der Waals surface area contributed by atoms with E-state index in [0.29, 0.717) is 13.1 Å². The molecule has 3 rings (SSSR count). The summed E-state index contributed by atoms with van der Waals surface area (Å²) < 4.78 is 26.2. The highest BCUT2D eigenvalue weighted by molar-refractivity contribution is 7.89. The normalized spacial score (nSPS) is 18.1. The van der Waals surface area contributed by atoms with E-state index < -0.39 is 10.0 Å². The van der Waals surface area contributed by atoms with Crippen molar-refractivity contribution in [2.24, 2.45) is 0 Å². The Kier molecular flexibility index (Phi) is 4.39. The highest BCUT2D eigenvalue weighted by atomic mass is 32.2. The van der Waals surface area contributed by atoms with E-state index in [-0.39, 0.29) is 5.03 Å². The molecule has 21 heavy (non-hydrogen) atoms. The molecule has 114 valence electrons. The Balaban J connectivity index is 1.53. The first-order chi connectivity index (χ1) is 10.2. The standard InChI is InChI=1S/C13H18N4O2S2/c18-21(19,13-10-14-11-15-13)17-7-5-16(6-8-17)4-3-12-2-1-9-20-12/h1-2,9-11H,3-8H2,(H,14,15). The summed E-state index contributed by atoms with van der Waals surface area (Å²) in [6, 6.07) is 4.21. The van der Waals surface area contributed by atoms with Crippen LogP contribution in [0.25, 0.3) is 0 Å². The minimum atomic E-state index is -3.41. The maximum atomic E-state index is 12.3. The van der Waals surface area contributed by atoms with E-state index in [4.69, 9.17) is 0 Å². The number of nitrogens with zero attached hydrogens (tertiary/aromatic N) is 3. The van der Waals surface area contributed by atoms with Crippen LogP contribution >= 0.6 is 11.3 Å². The molecule has 1 saturated heterocycles. The third kappa shape index (κ3) is 3.34. The molecule has 0 unspecified atom stereocenters. The van der Waals surface area contributed by atoms with Gasteiger partial charge in [-0.2, -0.15) is 4.31 Å². The smallest absolute Gasteiger partial charge is 0.260 e. The van der Waals surface area contributed by atoms with Gasteiger partial charge in [0.25, 0.3) is 10.0 Å². The molecule has 3 heterocycles. The third-order valence-electron chi connectivity index (χ3n) is 3.68. The fourth-order valence-electron chi connectivity index (χ4n) is 2.44. The summed E-state index contributed by atoms with van der Waals surface area (Å²) in [5.74, 6) is 0. The quantitative estimate of drug-likeness (QED) is 0.891. The van der Waals surface area contributed by atoms with Crippen LogP contribution in [0.1, 0.15) is 4.88 Å². The molecular formula is C13H18N4O2S2. The summed E-state index contributed by atoms with van der Waals surface area (Å²) in [4.78, 5) is 10.2. The van der Waals surface area contributed by atoms with E-state index in [9.17, 15) is 8.42 Å². The maximum Gasteiger partial charge on any atom is 0.260 e. The first kappa shape index (κ1) is 14.7. The molecule has 8 heteroatoms. The molecule has 0 aliphatic carbocycles. The van der Waals surface area contributed by atoms with E-state index in [1.807, 2.05) is 0 Å². The highest BCUT2D eigenvalue weighted by Gasteiger charge is 2.29. The number of aromatic amines is 1. The fraction of sp³-hybridized carbons (Fsp3) is 0.462. The molecular weight excluding hydrogens is 308 g/mol. The molecule has 1 aliphatic rings. The Morgan fingerprint density at radius 1 is 1.29 bits per heavy atom. The Morgan fingerprint density at radius 3 is 2.71 bits per heavy atom. The van der Waals surface area contributed by atoms with Gasteiger partial charge in [0.1, 0.15) is 0 Å². The Hall–Kier alpha value is -1.22. The van der Waals surface area contributed by atoms with Gasteiger partial charge in [0, 0.05) is 37.6 Å². The molecule has 1 fully saturated rings. The summed E-state index contributed by atoms with van der Waals surface area (Å²) >= 11 is 1.77. The Morgan fingerprint density at radius 2 is 2.10 bits per heavy atom. The van der Waals surface area contributed by atoms with Crippen molar-refractivity contribution in [3.8, 4) is 0 Å². The molecule has 0 bridgehead atoms. The van der Waals surface area contributed by atoms with Crippen molar-refractivity contribution >= 4 is 21.4 Å². The van der Waals surface area contributed by atoms with Crippen molar-refractivity contribution in [1.82, 2.24) is 19.2 Å². The zero-order chi connectivity index (χ0) is 14.7. The monoisotopic (exact) mass is 326 g/mol. The zero-order valence-electron chi connectivity index (χ0n) is 11.6. The van der Waals surface area contributed by atoms with Crippen molar-refractivity contribution in [3.63, 3.8) is 0 Å². The number of H-pyrrole nitrogens is 1. The number of rotatable bonds is 5. The number of hydrogen-bond acceptors (Lipinski definition) is 5. The van der Waals surface area contributed by atoms with E-state index in [2.05, 4.69) is 32.4 Å². The molecule has 0 spiro atoms. The molecule has 0 radical (unpaired) electrons. The van der Waals surface area contributed by atoms with Crippen LogP contribution in [0.5, 0.6) is 0 Å². The molecule has 0 atom stereocenters. The van der Waals surface area contributed by atoms with Crippen LogP contribution in [-0.4, -0.2) is 60.3 Å². The number of piperazine rings is 1.